The highest BCUT2D eigenvalue weighted by atomic mass is 32.2. The molecule has 8 heteroatoms. The predicted octanol–water partition coefficient (Wildman–Crippen LogP) is 1.97. The lowest BCUT2D eigenvalue weighted by molar-refractivity contribution is -0.119. The Morgan fingerprint density at radius 1 is 1.26 bits per heavy atom. The first-order valence-electron chi connectivity index (χ1n) is 8.79. The number of carbonyl (C=O) groups excluding carboxylic acids is 1. The van der Waals surface area contributed by atoms with Crippen LogP contribution < -0.4 is 5.46 Å². The van der Waals surface area contributed by atoms with E-state index in [1.54, 1.807) is 58.2 Å². The van der Waals surface area contributed by atoms with Crippen molar-refractivity contribution < 1.29 is 13.2 Å². The van der Waals surface area contributed by atoms with Crippen LogP contribution in [-0.4, -0.2) is 32.1 Å². The zero-order valence-corrected chi connectivity index (χ0v) is 17.2. The van der Waals surface area contributed by atoms with Gasteiger partial charge in [0.2, 0.25) is 0 Å². The van der Waals surface area contributed by atoms with Gasteiger partial charge in [-0.1, -0.05) is 42.2 Å². The molecule has 0 aliphatic carbocycles. The third-order valence-corrected chi connectivity index (χ3v) is 6.44. The minimum absolute atomic E-state index is 0.0347. The number of ketones is 1. The molecule has 0 aliphatic rings. The minimum Gasteiger partial charge on any atom is -0.300 e. The molecule has 1 heterocycles. The van der Waals surface area contributed by atoms with Crippen molar-refractivity contribution in [2.75, 3.05) is 0 Å². The molecule has 144 valence electrons. The Balaban J connectivity index is 2.44. The van der Waals surface area contributed by atoms with Crippen LogP contribution in [0.4, 0.5) is 0 Å². The lowest BCUT2D eigenvalue weighted by Crippen LogP contribution is -2.32. The summed E-state index contributed by atoms with van der Waals surface area (Å²) in [5.74, 6) is -0.0347. The van der Waals surface area contributed by atoms with Crippen LogP contribution in [0.1, 0.15) is 38.4 Å². The number of nitroso groups, excluding NO2 is 1. The van der Waals surface area contributed by atoms with E-state index in [2.05, 4.69) is 5.18 Å². The molecular formula is C19H25BN2O4S. The first-order valence-corrected chi connectivity index (χ1v) is 10.2. The van der Waals surface area contributed by atoms with Gasteiger partial charge in [0.25, 0.3) is 10.0 Å². The van der Waals surface area contributed by atoms with Gasteiger partial charge in [0.05, 0.1) is 4.90 Å². The quantitative estimate of drug-likeness (QED) is 0.511. The molecule has 27 heavy (non-hydrogen) atoms. The van der Waals surface area contributed by atoms with E-state index in [4.69, 9.17) is 0 Å². The topological polar surface area (TPSA) is 85.6 Å². The highest BCUT2D eigenvalue weighted by molar-refractivity contribution is 7.90. The molecular weight excluding hydrogens is 363 g/mol. The van der Waals surface area contributed by atoms with Crippen LogP contribution in [0.25, 0.3) is 0 Å². The minimum atomic E-state index is -3.78. The number of Topliss-reactive ketones (excluding diaryl/α,β-unsaturated/α-hetero) is 1. The molecule has 0 aliphatic heterocycles. The van der Waals surface area contributed by atoms with Crippen molar-refractivity contribution in [2.24, 2.45) is 10.6 Å². The summed E-state index contributed by atoms with van der Waals surface area (Å²) < 4.78 is 27.4. The lowest BCUT2D eigenvalue weighted by Gasteiger charge is -2.28. The van der Waals surface area contributed by atoms with E-state index in [1.807, 2.05) is 6.92 Å². The van der Waals surface area contributed by atoms with Crippen LogP contribution in [0.5, 0.6) is 0 Å². The Morgan fingerprint density at radius 3 is 2.37 bits per heavy atom. The molecule has 6 nitrogen and oxygen atoms in total. The highest BCUT2D eigenvalue weighted by Gasteiger charge is 2.34. The van der Waals surface area contributed by atoms with Crippen molar-refractivity contribution in [2.45, 2.75) is 51.5 Å². The fourth-order valence-corrected chi connectivity index (χ4v) is 4.69. The van der Waals surface area contributed by atoms with Gasteiger partial charge in [-0.2, -0.15) is 4.91 Å². The van der Waals surface area contributed by atoms with E-state index in [9.17, 15) is 18.1 Å². The molecule has 1 aromatic heterocycles. The molecule has 0 N–H and O–H groups in total. The van der Waals surface area contributed by atoms with Crippen molar-refractivity contribution in [3.63, 3.8) is 0 Å². The number of benzene rings is 1. The average molecular weight is 388 g/mol. The van der Waals surface area contributed by atoms with E-state index in [0.717, 1.165) is 11.0 Å². The second-order valence-electron chi connectivity index (χ2n) is 7.82. The number of nitrogens with zero attached hydrogens (tertiary/aromatic N) is 2. The monoisotopic (exact) mass is 388 g/mol. The zero-order chi connectivity index (χ0) is 20.4. The van der Waals surface area contributed by atoms with Gasteiger partial charge in [-0.3, -0.25) is 0 Å². The summed E-state index contributed by atoms with van der Waals surface area (Å²) in [6, 6.07) is 7.65. The largest absolute Gasteiger partial charge is 0.300 e. The molecule has 0 saturated heterocycles. The predicted molar refractivity (Wildman–Crippen MR) is 109 cm³/mol. The van der Waals surface area contributed by atoms with E-state index in [-0.39, 0.29) is 23.5 Å². The van der Waals surface area contributed by atoms with E-state index in [1.165, 1.54) is 10.9 Å². The Kier molecular flexibility index (Phi) is 6.09. The smallest absolute Gasteiger partial charge is 0.267 e. The second kappa shape index (κ2) is 7.80. The second-order valence-corrected chi connectivity index (χ2v) is 9.63. The number of rotatable bonds is 8. The molecule has 0 fully saturated rings. The first-order chi connectivity index (χ1) is 12.5. The van der Waals surface area contributed by atoms with Crippen molar-refractivity contribution in [3.8, 4) is 0 Å². The van der Waals surface area contributed by atoms with Crippen LogP contribution >= 0.6 is 0 Å². The van der Waals surface area contributed by atoms with Crippen LogP contribution in [0.3, 0.4) is 0 Å². The Bertz CT molecular complexity index is 947. The third-order valence-electron chi connectivity index (χ3n) is 4.71. The van der Waals surface area contributed by atoms with Gasteiger partial charge >= 0.3 is 0 Å². The molecule has 0 amide bonds. The molecule has 0 radical (unpaired) electrons. The number of carbonyl (C=O) groups is 1. The number of hydrogen-bond donors (Lipinski definition) is 0. The summed E-state index contributed by atoms with van der Waals surface area (Å²) in [6.07, 6.45) is 1.89. The molecule has 1 atom stereocenters. The van der Waals surface area contributed by atoms with Gasteiger partial charge in [0.1, 0.15) is 19.7 Å². The first kappa shape index (κ1) is 21.1. The third kappa shape index (κ3) is 4.74. The van der Waals surface area contributed by atoms with Gasteiger partial charge in [0.15, 0.2) is 0 Å². The molecule has 1 unspecified atom stereocenters. The van der Waals surface area contributed by atoms with Gasteiger partial charge in [-0.05, 0) is 37.5 Å². The summed E-state index contributed by atoms with van der Waals surface area (Å²) in [5.41, 5.74) is 1.56. The van der Waals surface area contributed by atoms with Crippen LogP contribution in [0, 0.1) is 17.2 Å². The van der Waals surface area contributed by atoms with Crippen molar-refractivity contribution in [1.29, 1.82) is 0 Å². The fourth-order valence-electron chi connectivity index (χ4n) is 3.24. The fraction of sp³-hybridized carbons (Fsp3) is 0.421. The molecule has 1 aromatic carbocycles. The van der Waals surface area contributed by atoms with Crippen molar-refractivity contribution in [1.82, 2.24) is 3.97 Å². The highest BCUT2D eigenvalue weighted by Crippen LogP contribution is 2.31. The van der Waals surface area contributed by atoms with Gasteiger partial charge in [-0.25, -0.2) is 12.4 Å². The van der Waals surface area contributed by atoms with Gasteiger partial charge in [-0.15, -0.1) is 0 Å². The van der Waals surface area contributed by atoms with Gasteiger partial charge in [0, 0.05) is 24.7 Å². The molecule has 0 saturated carbocycles. The summed E-state index contributed by atoms with van der Waals surface area (Å²) in [4.78, 5) is 23.2. The molecule has 2 aromatic rings. The zero-order valence-electron chi connectivity index (χ0n) is 16.4. The number of aromatic nitrogens is 1. The Hall–Kier alpha value is -2.22. The van der Waals surface area contributed by atoms with E-state index < -0.39 is 21.5 Å². The summed E-state index contributed by atoms with van der Waals surface area (Å²) >= 11 is 0. The number of aryl methyl sites for hydroxylation is 1. The van der Waals surface area contributed by atoms with Crippen molar-refractivity contribution >= 4 is 29.1 Å². The van der Waals surface area contributed by atoms with E-state index in [0.29, 0.717) is 5.69 Å². The van der Waals surface area contributed by atoms with Crippen molar-refractivity contribution in [3.05, 3.63) is 52.7 Å². The maximum absolute atomic E-state index is 13.1. The summed E-state index contributed by atoms with van der Waals surface area (Å²) in [5, 5.41) is 3.21. The van der Waals surface area contributed by atoms with Gasteiger partial charge < -0.3 is 4.79 Å². The maximum Gasteiger partial charge on any atom is 0.267 e. The SMILES string of the molecule is Bc1cc(CC(N=O)C(C)(C)CC(C)=O)n(S(=O)(=O)c2ccc(C)cc2)c1. The Morgan fingerprint density at radius 2 is 1.85 bits per heavy atom. The molecule has 0 bridgehead atoms. The van der Waals surface area contributed by atoms with Crippen LogP contribution in [-0.2, 0) is 21.2 Å². The summed E-state index contributed by atoms with van der Waals surface area (Å²) in [7, 11) is -1.98. The standard InChI is InChI=1S/C19H25BN2O4S/c1-13-5-7-17(8-6-13)27(25,26)22-12-15(20)9-16(22)10-18(21-24)19(3,4)11-14(2)23/h5-9,12,18H,10-11,20H2,1-4H3. The summed E-state index contributed by atoms with van der Waals surface area (Å²) in [6.45, 7) is 6.96. The normalized spacial score (nSPS) is 13.3. The average Bonchev–Trinajstić information content (AvgIpc) is 2.93. The molecule has 2 rings (SSSR count). The maximum atomic E-state index is 13.1. The molecule has 0 spiro atoms. The van der Waals surface area contributed by atoms with E-state index >= 15 is 0 Å². The van der Waals surface area contributed by atoms with Crippen LogP contribution in [0.2, 0.25) is 0 Å². The number of hydrogen-bond acceptors (Lipinski definition) is 5. The lowest BCUT2D eigenvalue weighted by atomic mass is 9.78. The van der Waals surface area contributed by atoms with Crippen LogP contribution in [0.15, 0.2) is 46.6 Å². The Labute approximate surface area is 161 Å².